The number of morpholine rings is 1. The number of hydrogen-bond acceptors (Lipinski definition) is 7. The summed E-state index contributed by atoms with van der Waals surface area (Å²) in [4.78, 5) is 27.7. The first-order valence-electron chi connectivity index (χ1n) is 7.37. The summed E-state index contributed by atoms with van der Waals surface area (Å²) in [5.74, 6) is -0.637. The van der Waals surface area contributed by atoms with Gasteiger partial charge in [0.25, 0.3) is 5.91 Å². The number of amides is 1. The van der Waals surface area contributed by atoms with E-state index in [0.717, 1.165) is 39.3 Å². The molecule has 2 N–H and O–H groups in total. The predicted octanol–water partition coefficient (Wildman–Crippen LogP) is 0.498. The van der Waals surface area contributed by atoms with Gasteiger partial charge in [-0.1, -0.05) is 0 Å². The van der Waals surface area contributed by atoms with Crippen LogP contribution in [0.1, 0.15) is 22.6 Å². The minimum absolute atomic E-state index is 0.295. The Balaban J connectivity index is 1.95. The van der Waals surface area contributed by atoms with Crippen molar-refractivity contribution in [2.24, 2.45) is 5.73 Å². The fraction of sp³-hybridized carbons (Fsp3) is 0.571. The van der Waals surface area contributed by atoms with E-state index in [1.807, 2.05) is 0 Å². The number of nitro groups is 1. The molecule has 2 rings (SSSR count). The van der Waals surface area contributed by atoms with Gasteiger partial charge in [0, 0.05) is 19.6 Å². The van der Waals surface area contributed by atoms with E-state index in [-0.39, 0.29) is 5.69 Å². The van der Waals surface area contributed by atoms with Crippen molar-refractivity contribution in [3.05, 3.63) is 27.6 Å². The van der Waals surface area contributed by atoms with Crippen LogP contribution in [-0.4, -0.2) is 60.2 Å². The third kappa shape index (κ3) is 4.60. The Hall–Kier alpha value is -2.26. The molecule has 0 radical (unpaired) electrons. The summed E-state index contributed by atoms with van der Waals surface area (Å²) in [5.41, 5.74) is 4.72. The molecule has 9 heteroatoms. The van der Waals surface area contributed by atoms with E-state index in [1.54, 1.807) is 6.92 Å². The summed E-state index contributed by atoms with van der Waals surface area (Å²) in [6, 6.07) is 1.21. The molecule has 1 fully saturated rings. The number of primary amides is 1. The Morgan fingerprint density at radius 1 is 1.52 bits per heavy atom. The smallest absolute Gasteiger partial charge is 0.304 e. The van der Waals surface area contributed by atoms with Gasteiger partial charge in [-0.3, -0.25) is 19.8 Å². The number of hydrogen-bond donors (Lipinski definition) is 1. The molecule has 0 bridgehead atoms. The highest BCUT2D eigenvalue weighted by molar-refractivity contribution is 5.95. The first-order chi connectivity index (χ1) is 11.0. The van der Waals surface area contributed by atoms with Gasteiger partial charge in [0.05, 0.1) is 36.5 Å². The van der Waals surface area contributed by atoms with Crippen LogP contribution in [-0.2, 0) is 4.74 Å². The van der Waals surface area contributed by atoms with Crippen LogP contribution in [0.5, 0.6) is 5.75 Å². The summed E-state index contributed by atoms with van der Waals surface area (Å²) in [6.45, 7) is 6.19. The van der Waals surface area contributed by atoms with Crippen LogP contribution in [0.3, 0.4) is 0 Å². The normalized spacial score (nSPS) is 15.3. The number of aryl methyl sites for hydroxylation is 1. The van der Waals surface area contributed by atoms with Crippen LogP contribution < -0.4 is 10.5 Å². The van der Waals surface area contributed by atoms with Gasteiger partial charge in [-0.05, 0) is 13.3 Å². The molecule has 0 atom stereocenters. The van der Waals surface area contributed by atoms with Crippen LogP contribution in [0, 0.1) is 17.0 Å². The molecular formula is C14H20N4O5. The standard InChI is InChI=1S/C14H20N4O5/c1-10-12(9-11(18(20)21)13(16-10)14(15)19)23-6-2-3-17-4-7-22-8-5-17/h9H,2-8H2,1H3,(H2,15,19). The first-order valence-corrected chi connectivity index (χ1v) is 7.37. The average Bonchev–Trinajstić information content (AvgIpc) is 2.53. The van der Waals surface area contributed by atoms with Gasteiger partial charge in [0.1, 0.15) is 5.75 Å². The van der Waals surface area contributed by atoms with Crippen LogP contribution in [0.2, 0.25) is 0 Å². The fourth-order valence-corrected chi connectivity index (χ4v) is 2.34. The maximum absolute atomic E-state index is 11.2. The monoisotopic (exact) mass is 324 g/mol. The van der Waals surface area contributed by atoms with Crippen molar-refractivity contribution in [3.8, 4) is 5.75 Å². The van der Waals surface area contributed by atoms with E-state index in [1.165, 1.54) is 6.07 Å². The molecule has 126 valence electrons. The molecule has 23 heavy (non-hydrogen) atoms. The summed E-state index contributed by atoms with van der Waals surface area (Å²) in [6.07, 6.45) is 0.783. The summed E-state index contributed by atoms with van der Waals surface area (Å²) in [5, 5.41) is 11.0. The summed E-state index contributed by atoms with van der Waals surface area (Å²) >= 11 is 0. The van der Waals surface area contributed by atoms with E-state index < -0.39 is 16.5 Å². The van der Waals surface area contributed by atoms with Gasteiger partial charge in [-0.2, -0.15) is 0 Å². The molecule has 1 aliphatic heterocycles. The quantitative estimate of drug-likeness (QED) is 0.440. The molecule has 0 unspecified atom stereocenters. The maximum Gasteiger partial charge on any atom is 0.304 e. The Bertz CT molecular complexity index is 587. The van der Waals surface area contributed by atoms with E-state index >= 15 is 0 Å². The minimum atomic E-state index is -0.932. The lowest BCUT2D eigenvalue weighted by atomic mass is 10.2. The van der Waals surface area contributed by atoms with Crippen LogP contribution in [0.25, 0.3) is 0 Å². The van der Waals surface area contributed by atoms with Gasteiger partial charge in [0.15, 0.2) is 0 Å². The molecule has 2 heterocycles. The molecule has 0 aliphatic carbocycles. The fourth-order valence-electron chi connectivity index (χ4n) is 2.34. The van der Waals surface area contributed by atoms with E-state index in [9.17, 15) is 14.9 Å². The van der Waals surface area contributed by atoms with Gasteiger partial charge in [-0.15, -0.1) is 0 Å². The minimum Gasteiger partial charge on any atom is -0.491 e. The van der Waals surface area contributed by atoms with Crippen LogP contribution >= 0.6 is 0 Å². The zero-order valence-corrected chi connectivity index (χ0v) is 13.0. The SMILES string of the molecule is Cc1nc(C(N)=O)c([N+](=O)[O-])cc1OCCCN1CCOCC1. The third-order valence-corrected chi connectivity index (χ3v) is 3.56. The third-order valence-electron chi connectivity index (χ3n) is 3.56. The number of ether oxygens (including phenoxy) is 2. The lowest BCUT2D eigenvalue weighted by Crippen LogP contribution is -2.37. The Kier molecular flexibility index (Phi) is 5.83. The molecule has 0 saturated carbocycles. The van der Waals surface area contributed by atoms with Crippen molar-refractivity contribution in [2.75, 3.05) is 39.5 Å². The Morgan fingerprint density at radius 3 is 2.83 bits per heavy atom. The Morgan fingerprint density at radius 2 is 2.22 bits per heavy atom. The lowest BCUT2D eigenvalue weighted by molar-refractivity contribution is -0.385. The zero-order valence-electron chi connectivity index (χ0n) is 13.0. The second-order valence-electron chi connectivity index (χ2n) is 5.22. The molecule has 1 amide bonds. The van der Waals surface area contributed by atoms with Crippen molar-refractivity contribution >= 4 is 11.6 Å². The second kappa shape index (κ2) is 7.84. The van der Waals surface area contributed by atoms with Crippen LogP contribution in [0.15, 0.2) is 6.07 Å². The van der Waals surface area contributed by atoms with Crippen molar-refractivity contribution in [1.82, 2.24) is 9.88 Å². The summed E-state index contributed by atoms with van der Waals surface area (Å²) in [7, 11) is 0. The number of carbonyl (C=O) groups excluding carboxylic acids is 1. The second-order valence-corrected chi connectivity index (χ2v) is 5.22. The molecule has 1 saturated heterocycles. The molecule has 0 spiro atoms. The maximum atomic E-state index is 11.2. The largest absolute Gasteiger partial charge is 0.491 e. The molecule has 9 nitrogen and oxygen atoms in total. The predicted molar refractivity (Wildman–Crippen MR) is 81.5 cm³/mol. The van der Waals surface area contributed by atoms with Crippen molar-refractivity contribution in [1.29, 1.82) is 0 Å². The number of rotatable bonds is 7. The highest BCUT2D eigenvalue weighted by Gasteiger charge is 2.23. The number of pyridine rings is 1. The van der Waals surface area contributed by atoms with Crippen molar-refractivity contribution < 1.29 is 19.2 Å². The van der Waals surface area contributed by atoms with Crippen molar-refractivity contribution in [3.63, 3.8) is 0 Å². The van der Waals surface area contributed by atoms with Gasteiger partial charge < -0.3 is 15.2 Å². The number of aromatic nitrogens is 1. The number of carbonyl (C=O) groups is 1. The molecule has 1 aromatic heterocycles. The molecular weight excluding hydrogens is 304 g/mol. The highest BCUT2D eigenvalue weighted by atomic mass is 16.6. The van der Waals surface area contributed by atoms with E-state index in [0.29, 0.717) is 18.1 Å². The Labute approximate surface area is 133 Å². The molecule has 1 aromatic rings. The van der Waals surface area contributed by atoms with E-state index in [4.69, 9.17) is 15.2 Å². The zero-order chi connectivity index (χ0) is 16.8. The van der Waals surface area contributed by atoms with Crippen molar-refractivity contribution in [2.45, 2.75) is 13.3 Å². The average molecular weight is 324 g/mol. The lowest BCUT2D eigenvalue weighted by Gasteiger charge is -2.26. The summed E-state index contributed by atoms with van der Waals surface area (Å²) < 4.78 is 10.9. The first kappa shape index (κ1) is 17.1. The number of nitrogens with zero attached hydrogens (tertiary/aromatic N) is 3. The van der Waals surface area contributed by atoms with Gasteiger partial charge in [0.2, 0.25) is 5.69 Å². The van der Waals surface area contributed by atoms with Crippen LogP contribution in [0.4, 0.5) is 5.69 Å². The molecule has 1 aliphatic rings. The highest BCUT2D eigenvalue weighted by Crippen LogP contribution is 2.25. The van der Waals surface area contributed by atoms with Gasteiger partial charge in [-0.25, -0.2) is 4.98 Å². The van der Waals surface area contributed by atoms with Gasteiger partial charge >= 0.3 is 5.69 Å². The number of nitrogens with two attached hydrogens (primary N) is 1. The molecule has 0 aromatic carbocycles. The van der Waals surface area contributed by atoms with E-state index in [2.05, 4.69) is 9.88 Å². The topological polar surface area (TPSA) is 121 Å².